The molecule has 40 heavy (non-hydrogen) atoms. The van der Waals surface area contributed by atoms with Crippen molar-refractivity contribution in [2.75, 3.05) is 50.8 Å². The molecule has 8 heteroatoms. The summed E-state index contributed by atoms with van der Waals surface area (Å²) in [6.45, 7) is 7.98. The van der Waals surface area contributed by atoms with Crippen molar-refractivity contribution in [3.05, 3.63) is 29.3 Å². The monoisotopic (exact) mass is 574 g/mol. The Morgan fingerprint density at radius 2 is 1.68 bits per heavy atom. The van der Waals surface area contributed by atoms with Gasteiger partial charge in [-0.3, -0.25) is 14.5 Å². The van der Waals surface area contributed by atoms with Crippen molar-refractivity contribution in [3.8, 4) is 0 Å². The average molecular weight is 575 g/mol. The second kappa shape index (κ2) is 16.0. The maximum atomic E-state index is 13.3. The number of nitrogens with zero attached hydrogens (tertiary/aromatic N) is 2. The predicted molar refractivity (Wildman–Crippen MR) is 162 cm³/mol. The molecule has 4 rings (SSSR count). The van der Waals surface area contributed by atoms with Crippen LogP contribution in [-0.2, 0) is 14.3 Å². The molecule has 1 heterocycles. The number of fused-ring (bicyclic) bond motifs is 2. The van der Waals surface area contributed by atoms with Gasteiger partial charge in [-0.15, -0.1) is 0 Å². The molecule has 1 aromatic rings. The summed E-state index contributed by atoms with van der Waals surface area (Å²) in [5, 5.41) is 3.95. The van der Waals surface area contributed by atoms with Crippen molar-refractivity contribution >= 4 is 29.1 Å². The van der Waals surface area contributed by atoms with E-state index in [4.69, 9.17) is 22.1 Å². The van der Waals surface area contributed by atoms with E-state index in [1.54, 1.807) is 0 Å². The number of benzene rings is 1. The molecule has 7 nitrogen and oxygen atoms in total. The number of carbonyl (C=O) groups is 2. The summed E-state index contributed by atoms with van der Waals surface area (Å²) in [5.74, 6) is -0.336. The smallest absolute Gasteiger partial charge is 0.224 e. The molecule has 1 aromatic carbocycles. The fraction of sp³-hybridized carbons (Fsp3) is 0.750. The molecule has 1 aliphatic heterocycles. The van der Waals surface area contributed by atoms with Gasteiger partial charge in [-0.2, -0.15) is 0 Å². The minimum Gasteiger partial charge on any atom is -0.375 e. The number of rotatable bonds is 17. The molecule has 3 N–H and O–H groups in total. The highest BCUT2D eigenvalue weighted by molar-refractivity contribution is 6.30. The SMILES string of the molecule is CCCCCCCCCCOC(CNC(=O)C1C(C(N)=O)[C@@H]2CC[C@H]1C2)CN1CCN(c2cccc(Cl)c2)CC1. The largest absolute Gasteiger partial charge is 0.375 e. The van der Waals surface area contributed by atoms with E-state index in [1.165, 1.54) is 44.9 Å². The highest BCUT2D eigenvalue weighted by Gasteiger charge is 2.53. The zero-order valence-electron chi connectivity index (χ0n) is 24.5. The lowest BCUT2D eigenvalue weighted by Crippen LogP contribution is -2.51. The van der Waals surface area contributed by atoms with Crippen LogP contribution in [0.25, 0.3) is 0 Å². The molecule has 3 fully saturated rings. The van der Waals surface area contributed by atoms with Crippen LogP contribution in [-0.4, -0.2) is 68.7 Å². The maximum absolute atomic E-state index is 13.3. The quantitative estimate of drug-likeness (QED) is 0.248. The van der Waals surface area contributed by atoms with Crippen molar-refractivity contribution in [1.82, 2.24) is 10.2 Å². The number of hydrogen-bond donors (Lipinski definition) is 2. The summed E-state index contributed by atoms with van der Waals surface area (Å²) in [7, 11) is 0. The summed E-state index contributed by atoms with van der Waals surface area (Å²) < 4.78 is 6.39. The molecule has 1 saturated heterocycles. The molecule has 0 radical (unpaired) electrons. The van der Waals surface area contributed by atoms with E-state index >= 15 is 0 Å². The molecular formula is C32H51ClN4O3. The second-order valence-corrected chi connectivity index (χ2v) is 12.7. The third kappa shape index (κ3) is 8.83. The molecule has 224 valence electrons. The second-order valence-electron chi connectivity index (χ2n) is 12.3. The molecular weight excluding hydrogens is 524 g/mol. The number of unbranched alkanes of at least 4 members (excludes halogenated alkanes) is 7. The van der Waals surface area contributed by atoms with Crippen LogP contribution < -0.4 is 16.0 Å². The highest BCUT2D eigenvalue weighted by Crippen LogP contribution is 2.52. The number of amides is 2. The van der Waals surface area contributed by atoms with Gasteiger partial charge in [-0.25, -0.2) is 0 Å². The summed E-state index contributed by atoms with van der Waals surface area (Å²) in [6.07, 6.45) is 13.1. The maximum Gasteiger partial charge on any atom is 0.224 e. The summed E-state index contributed by atoms with van der Waals surface area (Å²) in [4.78, 5) is 30.3. The number of halogens is 1. The van der Waals surface area contributed by atoms with Crippen molar-refractivity contribution in [1.29, 1.82) is 0 Å². The first-order valence-corrected chi connectivity index (χ1v) is 16.3. The number of primary amides is 1. The molecule has 2 bridgehead atoms. The Balaban J connectivity index is 1.25. The van der Waals surface area contributed by atoms with Crippen LogP contribution in [0.2, 0.25) is 5.02 Å². The van der Waals surface area contributed by atoms with Crippen LogP contribution in [0.4, 0.5) is 5.69 Å². The first-order chi connectivity index (χ1) is 19.5. The standard InChI is InChI=1S/C32H51ClN4O3/c1-2-3-4-5-6-7-8-9-19-40-28(22-35-32(39)30-25-14-13-24(20-25)29(30)31(34)38)23-36-15-17-37(18-16-36)27-12-10-11-26(33)21-27/h10-12,21,24-25,28-30H,2-9,13-20,22-23H2,1H3,(H2,34,38)(H,35,39)/t24-,25+,28?,29?,30?/m1/s1. The summed E-state index contributed by atoms with van der Waals surface area (Å²) >= 11 is 6.21. The van der Waals surface area contributed by atoms with Crippen molar-refractivity contribution in [2.24, 2.45) is 29.4 Å². The summed E-state index contributed by atoms with van der Waals surface area (Å²) in [5.41, 5.74) is 6.90. The minimum absolute atomic E-state index is 0.0116. The van der Waals surface area contributed by atoms with Gasteiger partial charge in [0.05, 0.1) is 17.9 Å². The van der Waals surface area contributed by atoms with Crippen LogP contribution in [0.15, 0.2) is 24.3 Å². The van der Waals surface area contributed by atoms with E-state index in [-0.39, 0.29) is 35.7 Å². The molecule has 3 unspecified atom stereocenters. The van der Waals surface area contributed by atoms with Crippen LogP contribution in [0.5, 0.6) is 0 Å². The van der Waals surface area contributed by atoms with Gasteiger partial charge in [0.2, 0.25) is 11.8 Å². The van der Waals surface area contributed by atoms with Gasteiger partial charge in [-0.1, -0.05) is 69.5 Å². The van der Waals surface area contributed by atoms with E-state index in [2.05, 4.69) is 28.1 Å². The van der Waals surface area contributed by atoms with Gasteiger partial charge in [0.15, 0.2) is 0 Å². The highest BCUT2D eigenvalue weighted by atomic mass is 35.5. The molecule has 2 amide bonds. The lowest BCUT2D eigenvalue weighted by Gasteiger charge is -2.37. The van der Waals surface area contributed by atoms with Crippen LogP contribution in [0.1, 0.15) is 77.6 Å². The fourth-order valence-electron chi connectivity index (χ4n) is 7.22. The molecule has 2 saturated carbocycles. The first-order valence-electron chi connectivity index (χ1n) is 15.9. The number of carbonyl (C=O) groups excluding carboxylic acids is 2. The first kappa shape index (κ1) is 31.1. The molecule has 0 aromatic heterocycles. The normalized spacial score (nSPS) is 25.3. The van der Waals surface area contributed by atoms with Gasteiger partial charge in [-0.05, 0) is 55.7 Å². The Morgan fingerprint density at radius 1 is 1.00 bits per heavy atom. The van der Waals surface area contributed by atoms with Crippen LogP contribution in [0, 0.1) is 23.7 Å². The number of anilines is 1. The van der Waals surface area contributed by atoms with E-state index in [1.807, 2.05) is 18.2 Å². The van der Waals surface area contributed by atoms with Crippen LogP contribution >= 0.6 is 11.6 Å². The molecule has 2 aliphatic carbocycles. The van der Waals surface area contributed by atoms with Crippen molar-refractivity contribution in [2.45, 2.75) is 83.7 Å². The van der Waals surface area contributed by atoms with Crippen LogP contribution in [0.3, 0.4) is 0 Å². The molecule has 0 spiro atoms. The third-order valence-electron chi connectivity index (χ3n) is 9.41. The minimum atomic E-state index is -0.313. The average Bonchev–Trinajstić information content (AvgIpc) is 3.57. The van der Waals surface area contributed by atoms with Gasteiger partial charge in [0.1, 0.15) is 0 Å². The lowest BCUT2D eigenvalue weighted by atomic mass is 9.78. The lowest BCUT2D eigenvalue weighted by molar-refractivity contribution is -0.135. The molecule has 5 atom stereocenters. The number of nitrogens with one attached hydrogen (secondary N) is 1. The molecule has 3 aliphatic rings. The third-order valence-corrected chi connectivity index (χ3v) is 9.65. The summed E-state index contributed by atoms with van der Waals surface area (Å²) in [6, 6.07) is 8.05. The van der Waals surface area contributed by atoms with E-state index in [0.29, 0.717) is 12.5 Å². The zero-order chi connectivity index (χ0) is 28.3. The number of nitrogens with two attached hydrogens (primary N) is 1. The van der Waals surface area contributed by atoms with Gasteiger partial charge >= 0.3 is 0 Å². The van der Waals surface area contributed by atoms with Gasteiger partial charge in [0.25, 0.3) is 0 Å². The van der Waals surface area contributed by atoms with Crippen molar-refractivity contribution in [3.63, 3.8) is 0 Å². The Hall–Kier alpha value is -1.83. The number of ether oxygens (including phenoxy) is 1. The van der Waals surface area contributed by atoms with Crippen molar-refractivity contribution < 1.29 is 14.3 Å². The predicted octanol–water partition coefficient (Wildman–Crippen LogP) is 5.25. The Kier molecular flexibility index (Phi) is 12.4. The topological polar surface area (TPSA) is 87.9 Å². The van der Waals surface area contributed by atoms with Gasteiger partial charge < -0.3 is 20.7 Å². The Labute approximate surface area is 246 Å². The Bertz CT molecular complexity index is 938. The fourth-order valence-corrected chi connectivity index (χ4v) is 7.41. The number of piperazine rings is 1. The number of hydrogen-bond acceptors (Lipinski definition) is 5. The zero-order valence-corrected chi connectivity index (χ0v) is 25.3. The van der Waals surface area contributed by atoms with E-state index in [0.717, 1.165) is 75.7 Å². The van der Waals surface area contributed by atoms with E-state index in [9.17, 15) is 9.59 Å². The Morgan fingerprint density at radius 3 is 2.35 bits per heavy atom. The van der Waals surface area contributed by atoms with E-state index < -0.39 is 0 Å². The van der Waals surface area contributed by atoms with Gasteiger partial charge in [0, 0.05) is 56.6 Å².